The first-order valence-corrected chi connectivity index (χ1v) is 65.8. The van der Waals surface area contributed by atoms with Gasteiger partial charge in [0, 0.05) is 133 Å². The number of carbonyl (C=O) groups is 9. The first-order chi connectivity index (χ1) is 68.9. The molecular formula is C82H82Br2I9N10O38S9-9. The molecule has 68 heteroatoms. The highest BCUT2D eigenvalue weighted by Gasteiger charge is 2.18. The van der Waals surface area contributed by atoms with Crippen LogP contribution < -0.4 is 53.6 Å². The Kier molecular flexibility index (Phi) is 66.0. The number of nitrogens with two attached hydrogens (primary N) is 1. The van der Waals surface area contributed by atoms with Gasteiger partial charge in [-0.2, -0.15) is 0 Å². The molecule has 0 spiro atoms. The lowest BCUT2D eigenvalue weighted by Crippen LogP contribution is -2.29. The number of aryl methyl sites for hydroxylation is 1. The Bertz CT molecular complexity index is 7130. The maximum absolute atomic E-state index is 11.7. The minimum absolute atomic E-state index is 0.0358. The molecule has 9 amide bonds. The average molecular weight is 3410 g/mol. The number of phenolic OH excluding ortho intramolecular Hbond substituents is 2. The third kappa shape index (κ3) is 70.1. The standard InChI is InChI=1S/C10H12INO4S.2C9H9BrINO4S.C9H11IN2O4S.2C9H10INO5S.3C9H10INO4S/c1-7-6-8(2-3-9(7)11)10(13)12-4-5-17(14,15)16;10-7-3-6(4-8(11)5-7)9(13)12-1-2-17(14,15)16;10-8-2-1-6(11)5-7(8)9(13)12-3-4-17(14,15)16;10-7-5-6(1-2-8(7)11)9(13)12-3-4-17(14,15)16;10-6-1-2-8(12)7(5-6)9(13)11-3-4-17(14,15)16;10-6-1-2-7(8(12)5-6)9(13)11-3-4-17(14,15)16;10-8-3-1-7(2-4-8)9(12)11-5-6-16(13,14)15;10-8-3-1-2-7(6-8)9(12)11-4-5-16(13,14)15;10-8-4-2-1-3-7(8)9(12)11-5-6-16(13,14)15/h2-3,6H,4-5H2,1H3,(H,12,13)(H,14,15,16);3-5H,1-2H2,(H,12,13)(H,14,15,16);1-2,5H,3-4H2,(H,12,13)(H,14,15,16);1-2,5H,3-4,11H2,(H,12,13)(H,14,15,16);2*1-2,5,12H,3-4H2,(H,11,13)(H,14,15,16);1-4H,5-6H2,(H,11,12)(H,13,14,15);1-3,6H,4-5H2,(H,11,12)(H,13,14,15);1-4H,5-6H2,(H,11,12)(H,13,14,15)/p-9. The summed E-state index contributed by atoms with van der Waals surface area (Å²) in [6.07, 6.45) is 0. The molecule has 0 saturated carbocycles. The van der Waals surface area contributed by atoms with E-state index in [2.05, 4.69) is 193 Å². The van der Waals surface area contributed by atoms with E-state index in [1.807, 2.05) is 115 Å². The zero-order valence-electron chi connectivity index (χ0n) is 76.0. The van der Waals surface area contributed by atoms with E-state index in [-0.39, 0.29) is 105 Å². The third-order valence-electron chi connectivity index (χ3n) is 16.4. The van der Waals surface area contributed by atoms with Gasteiger partial charge in [-0.1, -0.05) is 34.1 Å². The number of halogens is 11. The molecule has 0 aliphatic carbocycles. The largest absolute Gasteiger partial charge is 0.748 e. The molecule has 0 radical (unpaired) electrons. The SMILES string of the molecule is Cc1cc(C(=O)NCCS(=O)(=O)[O-])ccc1I.Nc1ccc(C(=O)NCCS(=O)(=O)[O-])cc1I.O=C(NCCS(=O)(=O)[O-])c1cc(Br)cc(I)c1.O=C(NCCS(=O)(=O)[O-])c1cc(I)ccc1Br.O=C(NCCS(=O)(=O)[O-])c1cc(I)ccc1O.O=C(NCCS(=O)(=O)[O-])c1ccc(I)cc1.O=C(NCCS(=O)(=O)[O-])c1ccc(I)cc1O.O=C(NCCS(=O)(=O)[O-])c1cccc(I)c1.O=C(NCCS(=O)(=O)[O-])c1ccccc1I. The number of amides is 9. The number of anilines is 1. The van der Waals surface area contributed by atoms with Crippen LogP contribution in [0.5, 0.6) is 11.5 Å². The number of aromatic hydroxyl groups is 2. The van der Waals surface area contributed by atoms with E-state index in [0.29, 0.717) is 49.1 Å². The number of hydrogen-bond donors (Lipinski definition) is 12. The second-order valence-electron chi connectivity index (χ2n) is 28.5. The highest BCUT2D eigenvalue weighted by atomic mass is 127. The summed E-state index contributed by atoms with van der Waals surface area (Å²) in [5, 5.41) is 39.9. The van der Waals surface area contributed by atoms with Crippen molar-refractivity contribution < 1.29 is 170 Å². The van der Waals surface area contributed by atoms with Gasteiger partial charge in [0.15, 0.2) is 0 Å². The summed E-state index contributed by atoms with van der Waals surface area (Å²) >= 11 is 24.8. The molecule has 0 fully saturated rings. The van der Waals surface area contributed by atoms with Crippen molar-refractivity contribution in [3.8, 4) is 11.5 Å². The van der Waals surface area contributed by atoms with Crippen LogP contribution in [0.2, 0.25) is 0 Å². The lowest BCUT2D eigenvalue weighted by Gasteiger charge is -2.09. The van der Waals surface area contributed by atoms with Crippen LogP contribution in [0.1, 0.15) is 98.8 Å². The lowest BCUT2D eigenvalue weighted by atomic mass is 10.1. The minimum atomic E-state index is -4.35. The van der Waals surface area contributed by atoms with E-state index in [0.717, 1.165) is 42.2 Å². The van der Waals surface area contributed by atoms with E-state index in [1.54, 1.807) is 133 Å². The lowest BCUT2D eigenvalue weighted by molar-refractivity contribution is 0.0944. The Morgan fingerprint density at radius 2 is 0.553 bits per heavy atom. The number of rotatable bonds is 36. The number of nitrogens with one attached hydrogen (secondary N) is 9. The molecule has 0 bridgehead atoms. The minimum Gasteiger partial charge on any atom is -0.748 e. The van der Waals surface area contributed by atoms with Gasteiger partial charge in [0.2, 0.25) is 0 Å². The number of carbonyl (C=O) groups excluding carboxylic acids is 9. The van der Waals surface area contributed by atoms with Crippen LogP contribution in [0.3, 0.4) is 0 Å². The molecule has 0 aliphatic heterocycles. The van der Waals surface area contributed by atoms with Gasteiger partial charge in [-0.3, -0.25) is 43.2 Å². The first-order valence-electron chi connectivity index (χ1n) is 40.3. The van der Waals surface area contributed by atoms with Crippen molar-refractivity contribution in [2.75, 3.05) is 116 Å². The molecule has 0 aliphatic rings. The van der Waals surface area contributed by atoms with Gasteiger partial charge in [-0.05, 0) is 396 Å². The van der Waals surface area contributed by atoms with Crippen LogP contribution in [0, 0.1) is 39.1 Å². The Balaban J connectivity index is 0.000000844. The second kappa shape index (κ2) is 69.5. The predicted molar refractivity (Wildman–Crippen MR) is 622 cm³/mol. The molecule has 9 aromatic carbocycles. The van der Waals surface area contributed by atoms with E-state index >= 15 is 0 Å². The number of phenols is 2. The molecule has 828 valence electrons. The number of hydrogen-bond acceptors (Lipinski definition) is 39. The fourth-order valence-electron chi connectivity index (χ4n) is 9.57. The van der Waals surface area contributed by atoms with E-state index < -0.39 is 172 Å². The van der Waals surface area contributed by atoms with Crippen LogP contribution in [-0.2, 0) is 91.1 Å². The molecular weight excluding hydrogens is 3320 g/mol. The van der Waals surface area contributed by atoms with Crippen molar-refractivity contribution in [1.29, 1.82) is 0 Å². The fourth-order valence-corrected chi connectivity index (χ4v) is 18.6. The van der Waals surface area contributed by atoms with E-state index in [9.17, 15) is 170 Å². The molecule has 0 saturated heterocycles. The van der Waals surface area contributed by atoms with Crippen LogP contribution >= 0.6 is 235 Å². The van der Waals surface area contributed by atoms with Crippen LogP contribution in [0.15, 0.2) is 191 Å². The summed E-state index contributed by atoms with van der Waals surface area (Å²) in [6.45, 7) is 0.0480. The Labute approximate surface area is 1000 Å². The van der Waals surface area contributed by atoms with E-state index in [1.165, 1.54) is 30.3 Å². The molecule has 48 nitrogen and oxygen atoms in total. The highest BCUT2D eigenvalue weighted by molar-refractivity contribution is 14.1. The molecule has 13 N–H and O–H groups in total. The van der Waals surface area contributed by atoms with Crippen molar-refractivity contribution in [1.82, 2.24) is 47.9 Å². The zero-order valence-corrected chi connectivity index (χ0v) is 106. The Hall–Kier alpha value is -5.67. The summed E-state index contributed by atoms with van der Waals surface area (Å²) in [4.78, 5) is 104. The maximum atomic E-state index is 11.7. The average Bonchev–Trinajstić information content (AvgIpc) is 0.856. The van der Waals surface area contributed by atoms with Gasteiger partial charge in [0.25, 0.3) is 53.2 Å². The zero-order chi connectivity index (χ0) is 115. The fraction of sp³-hybridized carbons (Fsp3) is 0.232. The maximum Gasteiger partial charge on any atom is 0.255 e. The summed E-state index contributed by atoms with van der Waals surface area (Å²) in [5.74, 6) is -10.0. The highest BCUT2D eigenvalue weighted by Crippen LogP contribution is 2.25. The van der Waals surface area contributed by atoms with Crippen molar-refractivity contribution in [3.05, 3.63) is 279 Å². The van der Waals surface area contributed by atoms with Crippen molar-refractivity contribution in [2.45, 2.75) is 6.92 Å². The smallest absolute Gasteiger partial charge is 0.255 e. The molecule has 0 heterocycles. The Morgan fingerprint density at radius 3 is 0.927 bits per heavy atom. The molecule has 150 heavy (non-hydrogen) atoms. The van der Waals surface area contributed by atoms with Crippen LogP contribution in [0.4, 0.5) is 5.69 Å². The monoisotopic (exact) mass is 3400 g/mol. The summed E-state index contributed by atoms with van der Waals surface area (Å²) in [6, 6.07) is 49.6. The molecule has 0 atom stereocenters. The van der Waals surface area contributed by atoms with Crippen LogP contribution in [0.25, 0.3) is 0 Å². The first kappa shape index (κ1) is 142. The molecule has 9 rings (SSSR count). The summed E-state index contributed by atoms with van der Waals surface area (Å²) < 4.78 is 288. The van der Waals surface area contributed by atoms with E-state index in [4.69, 9.17) is 5.73 Å². The topological polar surface area (TPSA) is 843 Å². The van der Waals surface area contributed by atoms with Gasteiger partial charge < -0.3 is 105 Å². The summed E-state index contributed by atoms with van der Waals surface area (Å²) in [7, 11) is -38.7. The number of benzene rings is 9. The quantitative estimate of drug-likeness (QED) is 0.0123. The van der Waals surface area contributed by atoms with Gasteiger partial charge in [0.1, 0.15) is 11.5 Å². The van der Waals surface area contributed by atoms with Gasteiger partial charge in [-0.15, -0.1) is 0 Å². The molecule has 9 aromatic rings. The second-order valence-corrected chi connectivity index (χ2v) is 54.9. The number of nitrogen functional groups attached to an aromatic ring is 1. The van der Waals surface area contributed by atoms with Crippen molar-refractivity contribution in [2.24, 2.45) is 0 Å². The normalized spacial score (nSPS) is 11.2. The molecule has 0 unspecified atom stereocenters. The van der Waals surface area contributed by atoms with Crippen molar-refractivity contribution in [3.63, 3.8) is 0 Å². The molecule has 0 aromatic heterocycles. The Morgan fingerprint density at radius 1 is 0.253 bits per heavy atom. The van der Waals surface area contributed by atoms with Gasteiger partial charge in [-0.25, -0.2) is 75.8 Å². The third-order valence-corrected chi connectivity index (χ3v) is 31.0. The van der Waals surface area contributed by atoms with Crippen LogP contribution in [-0.4, -0.2) is 291 Å². The predicted octanol–water partition coefficient (Wildman–Crippen LogP) is 5.92. The summed E-state index contributed by atoms with van der Waals surface area (Å²) in [5.41, 5.74) is 10.2. The van der Waals surface area contributed by atoms with Gasteiger partial charge in [0.05, 0.1) is 165 Å². The van der Waals surface area contributed by atoms with Crippen molar-refractivity contribution >= 4 is 385 Å². The van der Waals surface area contributed by atoms with Gasteiger partial charge >= 0.3 is 0 Å².